The minimum atomic E-state index is -0.246. The van der Waals surface area contributed by atoms with Crippen LogP contribution in [0.4, 0.5) is 5.69 Å². The molecule has 154 valence electrons. The van der Waals surface area contributed by atoms with Crippen molar-refractivity contribution in [1.29, 1.82) is 0 Å². The number of carbonyl (C=O) groups is 2. The van der Waals surface area contributed by atoms with Crippen LogP contribution in [0.2, 0.25) is 0 Å². The number of rotatable bonds is 3. The molecule has 5 nitrogen and oxygen atoms in total. The van der Waals surface area contributed by atoms with Gasteiger partial charge in [0.1, 0.15) is 0 Å². The molecule has 3 heterocycles. The van der Waals surface area contributed by atoms with Crippen LogP contribution in [0.15, 0.2) is 36.4 Å². The lowest BCUT2D eigenvalue weighted by molar-refractivity contribution is -0.144. The Kier molecular flexibility index (Phi) is 4.18. The van der Waals surface area contributed by atoms with Crippen molar-refractivity contribution in [2.75, 3.05) is 24.6 Å². The zero-order chi connectivity index (χ0) is 20.4. The zero-order valence-electron chi connectivity index (χ0n) is 17.6. The molecule has 1 aromatic carbocycles. The smallest absolute Gasteiger partial charge is 0.302 e. The van der Waals surface area contributed by atoms with Crippen molar-refractivity contribution < 1.29 is 14.3 Å². The van der Waals surface area contributed by atoms with Gasteiger partial charge in [-0.05, 0) is 37.4 Å². The number of nitrogens with zero attached hydrogens (tertiary/aromatic N) is 2. The Labute approximate surface area is 172 Å². The molecule has 1 saturated carbocycles. The number of esters is 1. The van der Waals surface area contributed by atoms with E-state index in [4.69, 9.17) is 4.74 Å². The Bertz CT molecular complexity index is 896. The van der Waals surface area contributed by atoms with Crippen molar-refractivity contribution >= 4 is 17.6 Å². The zero-order valence-corrected chi connectivity index (χ0v) is 17.6. The van der Waals surface area contributed by atoms with Crippen LogP contribution in [0.1, 0.15) is 45.6 Å². The van der Waals surface area contributed by atoms with Gasteiger partial charge in [0, 0.05) is 48.9 Å². The normalized spacial score (nSPS) is 37.1. The van der Waals surface area contributed by atoms with Gasteiger partial charge in [-0.15, -0.1) is 0 Å². The van der Waals surface area contributed by atoms with Gasteiger partial charge in [0.2, 0.25) is 5.91 Å². The second kappa shape index (κ2) is 6.43. The van der Waals surface area contributed by atoms with Gasteiger partial charge < -0.3 is 9.64 Å². The maximum atomic E-state index is 12.9. The molecule has 1 aliphatic carbocycles. The fourth-order valence-electron chi connectivity index (χ4n) is 7.32. The lowest BCUT2D eigenvalue weighted by atomic mass is 9.50. The SMILES string of the molecule is CCC12C=CCN3CCC4(c5ccccc5N(C(C)=O)C4C(COC(C)=O)C1)C32. The lowest BCUT2D eigenvalue weighted by Crippen LogP contribution is -2.67. The van der Waals surface area contributed by atoms with Gasteiger partial charge in [-0.25, -0.2) is 0 Å². The highest BCUT2D eigenvalue weighted by Gasteiger charge is 2.70. The van der Waals surface area contributed by atoms with Gasteiger partial charge in [-0.1, -0.05) is 37.3 Å². The monoisotopic (exact) mass is 394 g/mol. The van der Waals surface area contributed by atoms with E-state index < -0.39 is 0 Å². The molecule has 0 N–H and O–H groups in total. The second-order valence-electron chi connectivity index (χ2n) is 9.29. The van der Waals surface area contributed by atoms with Crippen LogP contribution < -0.4 is 4.90 Å². The van der Waals surface area contributed by atoms with Crippen LogP contribution >= 0.6 is 0 Å². The third-order valence-electron chi connectivity index (χ3n) is 8.06. The van der Waals surface area contributed by atoms with Gasteiger partial charge in [-0.2, -0.15) is 0 Å². The van der Waals surface area contributed by atoms with Gasteiger partial charge in [0.15, 0.2) is 0 Å². The van der Waals surface area contributed by atoms with Gasteiger partial charge in [-0.3, -0.25) is 14.5 Å². The quantitative estimate of drug-likeness (QED) is 0.583. The highest BCUT2D eigenvalue weighted by atomic mass is 16.5. The number of hydrogen-bond acceptors (Lipinski definition) is 4. The Morgan fingerprint density at radius 3 is 2.76 bits per heavy atom. The van der Waals surface area contributed by atoms with Gasteiger partial charge in [0.05, 0.1) is 12.6 Å². The molecule has 5 atom stereocenters. The first-order valence-corrected chi connectivity index (χ1v) is 10.9. The largest absolute Gasteiger partial charge is 0.465 e. The highest BCUT2D eigenvalue weighted by Crippen LogP contribution is 2.65. The predicted molar refractivity (Wildman–Crippen MR) is 112 cm³/mol. The lowest BCUT2D eigenvalue weighted by Gasteiger charge is -2.59. The van der Waals surface area contributed by atoms with Crippen LogP contribution in [0, 0.1) is 11.3 Å². The summed E-state index contributed by atoms with van der Waals surface area (Å²) >= 11 is 0. The summed E-state index contributed by atoms with van der Waals surface area (Å²) in [5, 5.41) is 0. The van der Waals surface area contributed by atoms with Crippen molar-refractivity contribution in [2.45, 2.75) is 57.5 Å². The van der Waals surface area contributed by atoms with Crippen molar-refractivity contribution in [3.8, 4) is 0 Å². The molecular weight excluding hydrogens is 364 g/mol. The van der Waals surface area contributed by atoms with E-state index in [1.54, 1.807) is 6.92 Å². The Morgan fingerprint density at radius 2 is 2.03 bits per heavy atom. The maximum Gasteiger partial charge on any atom is 0.302 e. The van der Waals surface area contributed by atoms with E-state index in [1.165, 1.54) is 12.5 Å². The van der Waals surface area contributed by atoms with Gasteiger partial charge >= 0.3 is 5.97 Å². The molecule has 2 fully saturated rings. The van der Waals surface area contributed by atoms with E-state index >= 15 is 0 Å². The van der Waals surface area contributed by atoms with Crippen molar-refractivity contribution in [3.05, 3.63) is 42.0 Å². The summed E-state index contributed by atoms with van der Waals surface area (Å²) in [6.07, 6.45) is 7.81. The van der Waals surface area contributed by atoms with Crippen LogP contribution in [-0.2, 0) is 19.7 Å². The fourth-order valence-corrected chi connectivity index (χ4v) is 7.32. The molecule has 1 amide bonds. The summed E-state index contributed by atoms with van der Waals surface area (Å²) in [5.74, 6) is -0.0427. The number of fused-ring (bicyclic) bond motifs is 1. The van der Waals surface area contributed by atoms with Crippen LogP contribution in [0.3, 0.4) is 0 Å². The van der Waals surface area contributed by atoms with E-state index in [2.05, 4.69) is 42.2 Å². The average molecular weight is 395 g/mol. The number of ether oxygens (including phenoxy) is 1. The third-order valence-corrected chi connectivity index (χ3v) is 8.06. The highest BCUT2D eigenvalue weighted by molar-refractivity contribution is 5.96. The molecule has 3 aliphatic heterocycles. The summed E-state index contributed by atoms with van der Waals surface area (Å²) in [5.41, 5.74) is 2.32. The number of amides is 1. The molecule has 1 saturated heterocycles. The van der Waals surface area contributed by atoms with E-state index in [1.807, 2.05) is 11.0 Å². The van der Waals surface area contributed by atoms with Crippen molar-refractivity contribution in [1.82, 2.24) is 4.90 Å². The number of anilines is 1. The summed E-state index contributed by atoms with van der Waals surface area (Å²) in [4.78, 5) is 29.3. The molecule has 5 heteroatoms. The number of hydrogen-bond donors (Lipinski definition) is 0. The Hall–Kier alpha value is -2.14. The molecule has 5 rings (SSSR count). The molecule has 1 spiro atoms. The number of benzene rings is 1. The van der Waals surface area contributed by atoms with E-state index in [0.29, 0.717) is 12.6 Å². The summed E-state index contributed by atoms with van der Waals surface area (Å²) in [6, 6.07) is 8.90. The first-order chi connectivity index (χ1) is 13.9. The second-order valence-corrected chi connectivity index (χ2v) is 9.29. The molecule has 1 aromatic rings. The number of para-hydroxylation sites is 1. The molecule has 0 radical (unpaired) electrons. The van der Waals surface area contributed by atoms with E-state index in [-0.39, 0.29) is 34.7 Å². The van der Waals surface area contributed by atoms with Crippen LogP contribution in [0.25, 0.3) is 0 Å². The summed E-state index contributed by atoms with van der Waals surface area (Å²) < 4.78 is 5.57. The first-order valence-electron chi connectivity index (χ1n) is 10.9. The minimum absolute atomic E-state index is 0.0397. The first kappa shape index (κ1) is 18.9. The molecule has 0 bridgehead atoms. The van der Waals surface area contributed by atoms with Crippen LogP contribution in [-0.4, -0.2) is 48.6 Å². The molecule has 4 aliphatic rings. The average Bonchev–Trinajstić information content (AvgIpc) is 3.24. The van der Waals surface area contributed by atoms with Crippen molar-refractivity contribution in [3.63, 3.8) is 0 Å². The maximum absolute atomic E-state index is 12.9. The number of carbonyl (C=O) groups excluding carboxylic acids is 2. The van der Waals surface area contributed by atoms with Crippen molar-refractivity contribution in [2.24, 2.45) is 11.3 Å². The summed E-state index contributed by atoms with van der Waals surface area (Å²) in [6.45, 7) is 7.84. The summed E-state index contributed by atoms with van der Waals surface area (Å²) in [7, 11) is 0. The molecule has 29 heavy (non-hydrogen) atoms. The standard InChI is InChI=1S/C24H30N2O3/c1-4-23-10-7-12-25-13-11-24(22(23)25)19-8-5-6-9-20(19)26(16(2)27)21(24)18(14-23)15-29-17(3)28/h5-10,18,21-22H,4,11-15H2,1-3H3. The van der Waals surface area contributed by atoms with Gasteiger partial charge in [0.25, 0.3) is 0 Å². The molecule has 5 unspecified atom stereocenters. The predicted octanol–water partition coefficient (Wildman–Crippen LogP) is 3.28. The minimum Gasteiger partial charge on any atom is -0.465 e. The molecule has 0 aromatic heterocycles. The van der Waals surface area contributed by atoms with E-state index in [9.17, 15) is 9.59 Å². The Balaban J connectivity index is 1.74. The fraction of sp³-hybridized carbons (Fsp3) is 0.583. The van der Waals surface area contributed by atoms with E-state index in [0.717, 1.165) is 38.0 Å². The molecular formula is C24H30N2O3. The third kappa shape index (κ3) is 2.37. The Morgan fingerprint density at radius 1 is 1.24 bits per heavy atom. The topological polar surface area (TPSA) is 49.9 Å². The van der Waals surface area contributed by atoms with Crippen LogP contribution in [0.5, 0.6) is 0 Å².